The Labute approximate surface area is 104 Å². The first-order valence-electron chi connectivity index (χ1n) is 6.35. The number of hydrogen-bond acceptors (Lipinski definition) is 1. The monoisotopic (exact) mass is 242 g/mol. The van der Waals surface area contributed by atoms with E-state index in [4.69, 9.17) is 11.6 Å². The molecule has 0 spiro atoms. The Kier molecular flexibility index (Phi) is 5.89. The summed E-state index contributed by atoms with van der Waals surface area (Å²) in [4.78, 5) is 0. The molecular weight excluding hydrogens is 220 g/mol. The van der Waals surface area contributed by atoms with Gasteiger partial charge in [0.25, 0.3) is 0 Å². The van der Waals surface area contributed by atoms with Gasteiger partial charge in [0.05, 0.1) is 5.69 Å². The Morgan fingerprint density at radius 1 is 1.38 bits per heavy atom. The standard InChI is InChI=1S/C13H23ClN2/c1-4-11(3)16-10-9-13(15-16)8-6-7-12(14)5-2/h9-12H,4-8H2,1-3H3. The topological polar surface area (TPSA) is 17.8 Å². The molecule has 92 valence electrons. The normalized spacial score (nSPS) is 15.0. The molecule has 2 nitrogen and oxygen atoms in total. The minimum atomic E-state index is 0.330. The van der Waals surface area contributed by atoms with E-state index in [-0.39, 0.29) is 0 Å². The van der Waals surface area contributed by atoms with Gasteiger partial charge in [0, 0.05) is 17.6 Å². The van der Waals surface area contributed by atoms with Crippen molar-refractivity contribution in [2.75, 3.05) is 0 Å². The van der Waals surface area contributed by atoms with Gasteiger partial charge < -0.3 is 0 Å². The molecule has 0 amide bonds. The number of halogens is 1. The summed E-state index contributed by atoms with van der Waals surface area (Å²) >= 11 is 6.08. The van der Waals surface area contributed by atoms with E-state index >= 15 is 0 Å². The van der Waals surface area contributed by atoms with Crippen LogP contribution in [0.1, 0.15) is 58.2 Å². The molecule has 2 unspecified atom stereocenters. The van der Waals surface area contributed by atoms with Crippen molar-refractivity contribution < 1.29 is 0 Å². The molecule has 0 aliphatic carbocycles. The molecular formula is C13H23ClN2. The van der Waals surface area contributed by atoms with Gasteiger partial charge in [-0.2, -0.15) is 5.10 Å². The molecule has 1 aromatic rings. The van der Waals surface area contributed by atoms with Crippen molar-refractivity contribution in [2.24, 2.45) is 0 Å². The second kappa shape index (κ2) is 6.95. The lowest BCUT2D eigenvalue weighted by Crippen LogP contribution is -2.05. The largest absolute Gasteiger partial charge is 0.270 e. The summed E-state index contributed by atoms with van der Waals surface area (Å²) in [5.41, 5.74) is 1.19. The Balaban J connectivity index is 2.35. The summed E-state index contributed by atoms with van der Waals surface area (Å²) in [5.74, 6) is 0. The van der Waals surface area contributed by atoms with E-state index in [1.807, 2.05) is 0 Å². The number of aryl methyl sites for hydroxylation is 1. The molecule has 0 aliphatic rings. The highest BCUT2D eigenvalue weighted by Crippen LogP contribution is 2.13. The van der Waals surface area contributed by atoms with E-state index < -0.39 is 0 Å². The van der Waals surface area contributed by atoms with Gasteiger partial charge in [0.2, 0.25) is 0 Å². The zero-order valence-corrected chi connectivity index (χ0v) is 11.4. The summed E-state index contributed by atoms with van der Waals surface area (Å²) in [6.45, 7) is 6.52. The average Bonchev–Trinajstić information content (AvgIpc) is 2.76. The minimum absolute atomic E-state index is 0.330. The summed E-state index contributed by atoms with van der Waals surface area (Å²) in [7, 11) is 0. The second-order valence-electron chi connectivity index (χ2n) is 4.44. The van der Waals surface area contributed by atoms with Crippen LogP contribution in [0.25, 0.3) is 0 Å². The zero-order valence-electron chi connectivity index (χ0n) is 10.6. The molecule has 0 radical (unpaired) electrons. The summed E-state index contributed by atoms with van der Waals surface area (Å²) in [6, 6.07) is 2.63. The smallest absolute Gasteiger partial charge is 0.0624 e. The molecule has 0 saturated heterocycles. The number of hydrogen-bond donors (Lipinski definition) is 0. The van der Waals surface area contributed by atoms with Crippen LogP contribution in [0.5, 0.6) is 0 Å². The third kappa shape index (κ3) is 4.17. The third-order valence-electron chi connectivity index (χ3n) is 3.10. The first-order valence-corrected chi connectivity index (χ1v) is 6.79. The maximum atomic E-state index is 6.08. The van der Waals surface area contributed by atoms with Gasteiger partial charge in [-0.3, -0.25) is 4.68 Å². The van der Waals surface area contributed by atoms with E-state index in [9.17, 15) is 0 Å². The van der Waals surface area contributed by atoms with Gasteiger partial charge in [-0.05, 0) is 45.1 Å². The van der Waals surface area contributed by atoms with Crippen LogP contribution in [-0.4, -0.2) is 15.2 Å². The van der Waals surface area contributed by atoms with E-state index in [2.05, 4.69) is 42.8 Å². The van der Waals surface area contributed by atoms with Gasteiger partial charge in [-0.15, -0.1) is 11.6 Å². The Bertz CT molecular complexity index is 296. The third-order valence-corrected chi connectivity index (χ3v) is 3.63. The average molecular weight is 243 g/mol. The number of nitrogens with zero attached hydrogens (tertiary/aromatic N) is 2. The van der Waals surface area contributed by atoms with Crippen molar-refractivity contribution >= 4 is 11.6 Å². The van der Waals surface area contributed by atoms with Crippen LogP contribution in [0.3, 0.4) is 0 Å². The lowest BCUT2D eigenvalue weighted by molar-refractivity contribution is 0.472. The highest BCUT2D eigenvalue weighted by molar-refractivity contribution is 6.20. The predicted octanol–water partition coefficient (Wildman–Crippen LogP) is 4.19. The van der Waals surface area contributed by atoms with Gasteiger partial charge in [0.15, 0.2) is 0 Å². The van der Waals surface area contributed by atoms with Gasteiger partial charge >= 0.3 is 0 Å². The number of rotatable bonds is 7. The van der Waals surface area contributed by atoms with E-state index in [0.717, 1.165) is 32.1 Å². The molecule has 1 aromatic heterocycles. The molecule has 3 heteroatoms. The maximum absolute atomic E-state index is 6.08. The molecule has 0 saturated carbocycles. The van der Waals surface area contributed by atoms with Crippen LogP contribution < -0.4 is 0 Å². The van der Waals surface area contributed by atoms with Crippen molar-refractivity contribution in [2.45, 2.75) is 64.3 Å². The second-order valence-corrected chi connectivity index (χ2v) is 5.06. The summed E-state index contributed by atoms with van der Waals surface area (Å²) in [6.07, 6.45) is 7.55. The fourth-order valence-electron chi connectivity index (χ4n) is 1.65. The first-order chi connectivity index (χ1) is 7.67. The number of alkyl halides is 1. The quantitative estimate of drug-likeness (QED) is 0.656. The van der Waals surface area contributed by atoms with Crippen molar-refractivity contribution in [3.63, 3.8) is 0 Å². The maximum Gasteiger partial charge on any atom is 0.0624 e. The highest BCUT2D eigenvalue weighted by Gasteiger charge is 2.05. The molecule has 2 atom stereocenters. The van der Waals surface area contributed by atoms with Crippen molar-refractivity contribution in [1.29, 1.82) is 0 Å². The van der Waals surface area contributed by atoms with E-state index in [1.54, 1.807) is 0 Å². The minimum Gasteiger partial charge on any atom is -0.270 e. The molecule has 1 heterocycles. The van der Waals surface area contributed by atoms with Crippen LogP contribution >= 0.6 is 11.6 Å². The molecule has 0 N–H and O–H groups in total. The highest BCUT2D eigenvalue weighted by atomic mass is 35.5. The van der Waals surface area contributed by atoms with E-state index in [0.29, 0.717) is 11.4 Å². The lowest BCUT2D eigenvalue weighted by atomic mass is 10.1. The lowest BCUT2D eigenvalue weighted by Gasteiger charge is -2.08. The van der Waals surface area contributed by atoms with Gasteiger partial charge in [0.1, 0.15) is 0 Å². The molecule has 0 bridgehead atoms. The molecule has 16 heavy (non-hydrogen) atoms. The molecule has 0 aromatic carbocycles. The Morgan fingerprint density at radius 2 is 2.12 bits per heavy atom. The van der Waals surface area contributed by atoms with Crippen LogP contribution in [0.15, 0.2) is 12.3 Å². The van der Waals surface area contributed by atoms with Crippen molar-refractivity contribution in [1.82, 2.24) is 9.78 Å². The summed E-state index contributed by atoms with van der Waals surface area (Å²) < 4.78 is 2.06. The Hall–Kier alpha value is -0.500. The van der Waals surface area contributed by atoms with Gasteiger partial charge in [-0.25, -0.2) is 0 Å². The Morgan fingerprint density at radius 3 is 2.75 bits per heavy atom. The molecule has 1 rings (SSSR count). The molecule has 0 fully saturated rings. The van der Waals surface area contributed by atoms with Crippen molar-refractivity contribution in [3.8, 4) is 0 Å². The summed E-state index contributed by atoms with van der Waals surface area (Å²) in [5, 5.41) is 4.91. The van der Waals surface area contributed by atoms with E-state index in [1.165, 1.54) is 5.69 Å². The van der Waals surface area contributed by atoms with Crippen molar-refractivity contribution in [3.05, 3.63) is 18.0 Å². The predicted molar refractivity (Wildman–Crippen MR) is 70.1 cm³/mol. The van der Waals surface area contributed by atoms with Crippen LogP contribution in [-0.2, 0) is 6.42 Å². The zero-order chi connectivity index (χ0) is 12.0. The first kappa shape index (κ1) is 13.6. The molecule has 0 aliphatic heterocycles. The fourth-order valence-corrected chi connectivity index (χ4v) is 1.81. The van der Waals surface area contributed by atoms with Crippen LogP contribution in [0.4, 0.5) is 0 Å². The fraction of sp³-hybridized carbons (Fsp3) is 0.769. The van der Waals surface area contributed by atoms with Crippen LogP contribution in [0, 0.1) is 0 Å². The van der Waals surface area contributed by atoms with Gasteiger partial charge in [-0.1, -0.05) is 13.8 Å². The SMILES string of the molecule is CCC(Cl)CCCc1ccn(C(C)CC)n1. The number of aromatic nitrogens is 2. The van der Waals surface area contributed by atoms with Crippen LogP contribution in [0.2, 0.25) is 0 Å².